The van der Waals surface area contributed by atoms with Crippen molar-refractivity contribution in [2.45, 2.75) is 52.4 Å². The fourth-order valence-electron chi connectivity index (χ4n) is 2.29. The summed E-state index contributed by atoms with van der Waals surface area (Å²) in [6, 6.07) is 0. The number of unbranched alkanes of at least 4 members (excludes halogenated alkanes) is 3. The van der Waals surface area contributed by atoms with Gasteiger partial charge in [0, 0.05) is 0 Å². The third-order valence-electron chi connectivity index (χ3n) is 3.65. The van der Waals surface area contributed by atoms with Crippen LogP contribution >= 0.6 is 0 Å². The first-order chi connectivity index (χ1) is 9.02. The number of hydrogen-bond acceptors (Lipinski definition) is 3. The van der Waals surface area contributed by atoms with Gasteiger partial charge >= 0.3 is 5.97 Å². The van der Waals surface area contributed by atoms with Crippen molar-refractivity contribution in [1.29, 1.82) is 0 Å². The molecule has 19 heavy (non-hydrogen) atoms. The van der Waals surface area contributed by atoms with Crippen LogP contribution in [0.2, 0.25) is 0 Å². The van der Waals surface area contributed by atoms with E-state index in [1.165, 1.54) is 19.3 Å². The van der Waals surface area contributed by atoms with Crippen LogP contribution in [0.15, 0.2) is 0 Å². The molecule has 4 nitrogen and oxygen atoms in total. The van der Waals surface area contributed by atoms with Crippen molar-refractivity contribution in [2.75, 3.05) is 33.4 Å². The molecule has 1 aliphatic heterocycles. The number of hydroxylamine groups is 3. The summed E-state index contributed by atoms with van der Waals surface area (Å²) in [5.74, 6) is 0.726. The molecule has 0 atom stereocenters. The Morgan fingerprint density at radius 2 is 1.79 bits per heavy atom. The van der Waals surface area contributed by atoms with Crippen LogP contribution in [-0.4, -0.2) is 44.0 Å². The average molecular weight is 272 g/mol. The van der Waals surface area contributed by atoms with Crippen LogP contribution in [0.4, 0.5) is 0 Å². The Morgan fingerprint density at radius 3 is 2.42 bits per heavy atom. The van der Waals surface area contributed by atoms with E-state index in [1.54, 1.807) is 0 Å². The molecule has 0 saturated carbocycles. The summed E-state index contributed by atoms with van der Waals surface area (Å²) in [6.07, 6.45) is 6.43. The Morgan fingerprint density at radius 1 is 1.16 bits per heavy atom. The number of hydrogen-bond donors (Lipinski definition) is 0. The maximum atomic E-state index is 11.8. The van der Waals surface area contributed by atoms with Crippen molar-refractivity contribution in [2.24, 2.45) is 5.92 Å². The lowest BCUT2D eigenvalue weighted by molar-refractivity contribution is -1.08. The molecule has 1 aliphatic rings. The fraction of sp³-hybridized carbons (Fsp3) is 0.933. The van der Waals surface area contributed by atoms with E-state index in [2.05, 4.69) is 13.8 Å². The molecule has 0 aromatic rings. The van der Waals surface area contributed by atoms with Crippen LogP contribution in [0, 0.1) is 5.92 Å². The van der Waals surface area contributed by atoms with Crippen molar-refractivity contribution in [3.05, 3.63) is 0 Å². The molecular weight excluding hydrogens is 242 g/mol. The summed E-state index contributed by atoms with van der Waals surface area (Å²) in [6.45, 7) is 7.39. The summed E-state index contributed by atoms with van der Waals surface area (Å²) in [5, 5.41) is 0. The highest BCUT2D eigenvalue weighted by Crippen LogP contribution is 2.13. The van der Waals surface area contributed by atoms with Gasteiger partial charge in [-0.3, -0.25) is 4.84 Å². The number of morpholine rings is 1. The van der Waals surface area contributed by atoms with Crippen molar-refractivity contribution in [3.63, 3.8) is 0 Å². The summed E-state index contributed by atoms with van der Waals surface area (Å²) in [5.41, 5.74) is 0. The molecule has 0 aromatic carbocycles. The van der Waals surface area contributed by atoms with Crippen LogP contribution in [0.25, 0.3) is 0 Å². The molecule has 1 heterocycles. The van der Waals surface area contributed by atoms with Gasteiger partial charge in [-0.05, 0) is 12.3 Å². The number of quaternary nitrogens is 1. The van der Waals surface area contributed by atoms with Gasteiger partial charge in [-0.25, -0.2) is 4.79 Å². The lowest BCUT2D eigenvalue weighted by atomic mass is 10.0. The molecule has 4 heteroatoms. The molecule has 1 rings (SSSR count). The zero-order chi connectivity index (χ0) is 14.1. The minimum absolute atomic E-state index is 0.0618. The SMILES string of the molecule is CC(C)CCCCCCC(=O)O[N+]1(C)CCOCC1. The Kier molecular flexibility index (Phi) is 7.39. The molecule has 1 saturated heterocycles. The van der Waals surface area contributed by atoms with Crippen molar-refractivity contribution in [1.82, 2.24) is 0 Å². The molecule has 0 aliphatic carbocycles. The maximum absolute atomic E-state index is 11.8. The van der Waals surface area contributed by atoms with E-state index in [-0.39, 0.29) is 5.97 Å². The van der Waals surface area contributed by atoms with E-state index in [4.69, 9.17) is 9.57 Å². The lowest BCUT2D eigenvalue weighted by Crippen LogP contribution is -2.52. The molecule has 112 valence electrons. The molecule has 0 aromatic heterocycles. The monoisotopic (exact) mass is 272 g/mol. The molecular formula is C15H30NO3+. The fourth-order valence-corrected chi connectivity index (χ4v) is 2.29. The third-order valence-corrected chi connectivity index (χ3v) is 3.65. The number of likely N-dealkylation sites (N-methyl/N-ethyl adjacent to an activating group) is 1. The van der Waals surface area contributed by atoms with Crippen LogP contribution in [0.5, 0.6) is 0 Å². The standard InChI is InChI=1S/C15H30NO3/c1-14(2)8-6-4-5-7-9-15(17)19-16(3)10-12-18-13-11-16/h14H,4-13H2,1-3H3/q+1. The van der Waals surface area contributed by atoms with Crippen molar-refractivity contribution >= 4 is 5.97 Å². The highest BCUT2D eigenvalue weighted by molar-refractivity contribution is 5.68. The first-order valence-electron chi connectivity index (χ1n) is 7.66. The van der Waals surface area contributed by atoms with Gasteiger partial charge in [-0.2, -0.15) is 0 Å². The maximum Gasteiger partial charge on any atom is 0.366 e. The molecule has 1 fully saturated rings. The number of carbonyl (C=O) groups excluding carboxylic acids is 1. The summed E-state index contributed by atoms with van der Waals surface area (Å²) >= 11 is 0. The lowest BCUT2D eigenvalue weighted by Gasteiger charge is -2.33. The zero-order valence-electron chi connectivity index (χ0n) is 12.8. The minimum atomic E-state index is -0.0618. The minimum Gasteiger partial charge on any atom is -0.369 e. The summed E-state index contributed by atoms with van der Waals surface area (Å²) in [4.78, 5) is 17.3. The molecule has 0 amide bonds. The van der Waals surface area contributed by atoms with Gasteiger partial charge in [0.05, 0.1) is 19.6 Å². The molecule has 0 N–H and O–H groups in total. The third kappa shape index (κ3) is 7.53. The average Bonchev–Trinajstić information content (AvgIpc) is 2.33. The molecule has 0 spiro atoms. The second-order valence-electron chi connectivity index (χ2n) is 6.17. The van der Waals surface area contributed by atoms with E-state index < -0.39 is 0 Å². The van der Waals surface area contributed by atoms with Gasteiger partial charge in [-0.1, -0.05) is 39.5 Å². The highest BCUT2D eigenvalue weighted by Gasteiger charge is 2.30. The first-order valence-corrected chi connectivity index (χ1v) is 7.66. The normalized spacial score (nSPS) is 18.5. The van der Waals surface area contributed by atoms with Crippen molar-refractivity contribution < 1.29 is 19.0 Å². The smallest absolute Gasteiger partial charge is 0.366 e. The summed E-state index contributed by atoms with van der Waals surface area (Å²) in [7, 11) is 1.96. The quantitative estimate of drug-likeness (QED) is 0.503. The van der Waals surface area contributed by atoms with E-state index in [0.29, 0.717) is 24.3 Å². The first kappa shape index (κ1) is 16.4. The van der Waals surface area contributed by atoms with E-state index in [0.717, 1.165) is 31.8 Å². The predicted octanol–water partition coefficient (Wildman–Crippen LogP) is 2.92. The largest absolute Gasteiger partial charge is 0.369 e. The van der Waals surface area contributed by atoms with Gasteiger partial charge in [0.15, 0.2) is 0 Å². The van der Waals surface area contributed by atoms with Crippen LogP contribution in [0.1, 0.15) is 52.4 Å². The van der Waals surface area contributed by atoms with Crippen LogP contribution in [0.3, 0.4) is 0 Å². The van der Waals surface area contributed by atoms with E-state index in [1.807, 2.05) is 7.05 Å². The topological polar surface area (TPSA) is 35.5 Å². The van der Waals surface area contributed by atoms with Crippen LogP contribution in [-0.2, 0) is 14.4 Å². The Balaban J connectivity index is 2.04. The predicted molar refractivity (Wildman–Crippen MR) is 75.4 cm³/mol. The van der Waals surface area contributed by atoms with Gasteiger partial charge < -0.3 is 4.74 Å². The van der Waals surface area contributed by atoms with Gasteiger partial charge in [0.1, 0.15) is 20.1 Å². The van der Waals surface area contributed by atoms with Gasteiger partial charge in [0.2, 0.25) is 0 Å². The molecule has 0 unspecified atom stereocenters. The summed E-state index contributed by atoms with van der Waals surface area (Å²) < 4.78 is 5.67. The molecule has 0 bridgehead atoms. The number of ether oxygens (including phenoxy) is 1. The van der Waals surface area contributed by atoms with E-state index in [9.17, 15) is 4.79 Å². The van der Waals surface area contributed by atoms with Crippen molar-refractivity contribution in [3.8, 4) is 0 Å². The van der Waals surface area contributed by atoms with Gasteiger partial charge in [0.25, 0.3) is 0 Å². The Hall–Kier alpha value is -0.610. The Labute approximate surface area is 117 Å². The Bertz CT molecular complexity index is 260. The second kappa shape index (κ2) is 8.54. The van der Waals surface area contributed by atoms with E-state index >= 15 is 0 Å². The number of nitrogens with zero attached hydrogens (tertiary/aromatic N) is 1. The van der Waals surface area contributed by atoms with Crippen LogP contribution < -0.4 is 0 Å². The second-order valence-corrected chi connectivity index (χ2v) is 6.17. The zero-order valence-corrected chi connectivity index (χ0v) is 12.8. The molecule has 0 radical (unpaired) electrons. The number of carbonyl (C=O) groups is 1. The number of rotatable bonds is 8. The highest BCUT2D eigenvalue weighted by atomic mass is 16.7. The van der Waals surface area contributed by atoms with Gasteiger partial charge in [-0.15, -0.1) is 4.65 Å².